The molecule has 6 heteroatoms. The number of aliphatic imine (C=N–C) groups is 1. The molecular formula is C20H37N5O. The van der Waals surface area contributed by atoms with Gasteiger partial charge < -0.3 is 20.1 Å². The number of nitrogens with zero attached hydrogens (tertiary/aromatic N) is 3. The molecule has 2 rings (SSSR count). The Balaban J connectivity index is 1.80. The summed E-state index contributed by atoms with van der Waals surface area (Å²) in [5.41, 5.74) is 1.06. The number of hydrogen-bond donors (Lipinski definition) is 2. The first-order valence-corrected chi connectivity index (χ1v) is 10.3. The highest BCUT2D eigenvalue weighted by molar-refractivity contribution is 5.79. The highest BCUT2D eigenvalue weighted by Crippen LogP contribution is 2.22. The first-order chi connectivity index (χ1) is 12.7. The Bertz CT molecular complexity index is 530. The quantitative estimate of drug-likeness (QED) is 0.520. The standard InChI is InChI=1S/C20H37N5O/c1-5-17(6-2)19-14-18(26-24-19)15-23-20(21-7-3)22-11-8-16-9-12-25(4)13-10-16/h14,16-17H,5-13,15H2,1-4H3,(H2,21,22,23). The molecule has 1 aliphatic heterocycles. The highest BCUT2D eigenvalue weighted by atomic mass is 16.5. The largest absolute Gasteiger partial charge is 0.359 e. The predicted octanol–water partition coefficient (Wildman–Crippen LogP) is 3.37. The van der Waals surface area contributed by atoms with Gasteiger partial charge in [0.15, 0.2) is 11.7 Å². The van der Waals surface area contributed by atoms with Gasteiger partial charge in [0.05, 0.1) is 5.69 Å². The predicted molar refractivity (Wildman–Crippen MR) is 107 cm³/mol. The minimum absolute atomic E-state index is 0.484. The normalized spacial score (nSPS) is 17.0. The lowest BCUT2D eigenvalue weighted by Crippen LogP contribution is -2.39. The molecule has 6 nitrogen and oxygen atoms in total. The van der Waals surface area contributed by atoms with E-state index in [9.17, 15) is 0 Å². The molecule has 0 aliphatic carbocycles. The summed E-state index contributed by atoms with van der Waals surface area (Å²) in [6, 6.07) is 2.06. The number of piperidine rings is 1. The molecular weight excluding hydrogens is 326 g/mol. The zero-order valence-electron chi connectivity index (χ0n) is 17.1. The Morgan fingerprint density at radius 2 is 2.00 bits per heavy atom. The van der Waals surface area contributed by atoms with Gasteiger partial charge in [0.1, 0.15) is 6.54 Å². The van der Waals surface area contributed by atoms with Crippen molar-refractivity contribution in [3.05, 3.63) is 17.5 Å². The molecule has 0 radical (unpaired) electrons. The minimum Gasteiger partial charge on any atom is -0.359 e. The maximum Gasteiger partial charge on any atom is 0.191 e. The van der Waals surface area contributed by atoms with E-state index in [2.05, 4.69) is 59.6 Å². The van der Waals surface area contributed by atoms with E-state index in [0.29, 0.717) is 12.5 Å². The van der Waals surface area contributed by atoms with Gasteiger partial charge in [-0.05, 0) is 65.1 Å². The maximum absolute atomic E-state index is 5.47. The Morgan fingerprint density at radius 1 is 1.27 bits per heavy atom. The molecule has 1 aromatic rings. The Labute approximate surface area is 158 Å². The molecule has 2 heterocycles. The summed E-state index contributed by atoms with van der Waals surface area (Å²) >= 11 is 0. The second-order valence-corrected chi connectivity index (χ2v) is 7.39. The fourth-order valence-corrected chi connectivity index (χ4v) is 3.55. The van der Waals surface area contributed by atoms with E-state index in [4.69, 9.17) is 4.52 Å². The maximum atomic E-state index is 5.47. The summed E-state index contributed by atoms with van der Waals surface area (Å²) in [4.78, 5) is 7.07. The van der Waals surface area contributed by atoms with E-state index in [-0.39, 0.29) is 0 Å². The van der Waals surface area contributed by atoms with Crippen LogP contribution in [0.15, 0.2) is 15.6 Å². The topological polar surface area (TPSA) is 65.7 Å². The molecule has 1 aromatic heterocycles. The molecule has 148 valence electrons. The van der Waals surface area contributed by atoms with Gasteiger partial charge in [0.2, 0.25) is 0 Å². The fraction of sp³-hybridized carbons (Fsp3) is 0.800. The molecule has 2 N–H and O–H groups in total. The number of likely N-dealkylation sites (tertiary alicyclic amines) is 1. The van der Waals surface area contributed by atoms with E-state index in [0.717, 1.165) is 49.3 Å². The van der Waals surface area contributed by atoms with Gasteiger partial charge in [0, 0.05) is 25.1 Å². The van der Waals surface area contributed by atoms with Crippen LogP contribution in [0.1, 0.15) is 70.2 Å². The number of guanidine groups is 1. The first-order valence-electron chi connectivity index (χ1n) is 10.3. The monoisotopic (exact) mass is 363 g/mol. The third kappa shape index (κ3) is 6.63. The SMILES string of the molecule is CCNC(=NCc1cc(C(CC)CC)no1)NCCC1CCN(C)CC1. The van der Waals surface area contributed by atoms with Gasteiger partial charge >= 0.3 is 0 Å². The summed E-state index contributed by atoms with van der Waals surface area (Å²) in [6.07, 6.45) is 6.00. The van der Waals surface area contributed by atoms with Gasteiger partial charge in [-0.15, -0.1) is 0 Å². The van der Waals surface area contributed by atoms with Crippen LogP contribution in [-0.4, -0.2) is 49.2 Å². The Hall–Kier alpha value is -1.56. The highest BCUT2D eigenvalue weighted by Gasteiger charge is 2.16. The van der Waals surface area contributed by atoms with Crippen LogP contribution < -0.4 is 10.6 Å². The summed E-state index contributed by atoms with van der Waals surface area (Å²) in [5.74, 6) is 3.01. The van der Waals surface area contributed by atoms with Crippen LogP contribution in [0.5, 0.6) is 0 Å². The molecule has 1 aliphatic rings. The lowest BCUT2D eigenvalue weighted by atomic mass is 9.94. The van der Waals surface area contributed by atoms with Gasteiger partial charge in [-0.25, -0.2) is 4.99 Å². The number of rotatable bonds is 9. The van der Waals surface area contributed by atoms with Crippen LogP contribution >= 0.6 is 0 Å². The van der Waals surface area contributed by atoms with Crippen molar-refractivity contribution in [3.8, 4) is 0 Å². The van der Waals surface area contributed by atoms with Crippen molar-refractivity contribution in [3.63, 3.8) is 0 Å². The summed E-state index contributed by atoms with van der Waals surface area (Å²) in [7, 11) is 2.21. The van der Waals surface area contributed by atoms with Crippen molar-refractivity contribution < 1.29 is 4.52 Å². The molecule has 0 atom stereocenters. The molecule has 0 aromatic carbocycles. The van der Waals surface area contributed by atoms with Crippen molar-refractivity contribution in [2.75, 3.05) is 33.2 Å². The molecule has 1 saturated heterocycles. The zero-order valence-corrected chi connectivity index (χ0v) is 17.1. The molecule has 26 heavy (non-hydrogen) atoms. The Kier molecular flexibility index (Phi) is 8.95. The van der Waals surface area contributed by atoms with Gasteiger partial charge in [-0.1, -0.05) is 19.0 Å². The number of aromatic nitrogens is 1. The number of nitrogens with one attached hydrogen (secondary N) is 2. The lowest BCUT2D eigenvalue weighted by molar-refractivity contribution is 0.213. The average Bonchev–Trinajstić information content (AvgIpc) is 3.11. The zero-order chi connectivity index (χ0) is 18.8. The first kappa shape index (κ1) is 20.7. The molecule has 1 fully saturated rings. The van der Waals surface area contributed by atoms with Crippen LogP contribution in [0.2, 0.25) is 0 Å². The van der Waals surface area contributed by atoms with Gasteiger partial charge in [-0.2, -0.15) is 0 Å². The van der Waals surface area contributed by atoms with Crippen molar-refractivity contribution in [2.45, 2.75) is 65.3 Å². The van der Waals surface area contributed by atoms with E-state index < -0.39 is 0 Å². The second kappa shape index (κ2) is 11.2. The fourth-order valence-electron chi connectivity index (χ4n) is 3.55. The Morgan fingerprint density at radius 3 is 2.65 bits per heavy atom. The van der Waals surface area contributed by atoms with Crippen molar-refractivity contribution >= 4 is 5.96 Å². The summed E-state index contributed by atoms with van der Waals surface area (Å²) in [5, 5.41) is 11.0. The van der Waals surface area contributed by atoms with E-state index >= 15 is 0 Å². The van der Waals surface area contributed by atoms with E-state index in [1.54, 1.807) is 0 Å². The van der Waals surface area contributed by atoms with Gasteiger partial charge in [0.25, 0.3) is 0 Å². The average molecular weight is 364 g/mol. The van der Waals surface area contributed by atoms with Crippen LogP contribution in [0, 0.1) is 5.92 Å². The van der Waals surface area contributed by atoms with Crippen LogP contribution in [-0.2, 0) is 6.54 Å². The molecule has 0 unspecified atom stereocenters. The van der Waals surface area contributed by atoms with Crippen LogP contribution in [0.25, 0.3) is 0 Å². The third-order valence-corrected chi connectivity index (χ3v) is 5.40. The van der Waals surface area contributed by atoms with E-state index in [1.165, 1.54) is 32.4 Å². The summed E-state index contributed by atoms with van der Waals surface area (Å²) < 4.78 is 5.47. The second-order valence-electron chi connectivity index (χ2n) is 7.39. The third-order valence-electron chi connectivity index (χ3n) is 5.40. The molecule has 0 saturated carbocycles. The molecule has 0 bridgehead atoms. The van der Waals surface area contributed by atoms with Gasteiger partial charge in [-0.3, -0.25) is 0 Å². The number of hydrogen-bond acceptors (Lipinski definition) is 4. The van der Waals surface area contributed by atoms with E-state index in [1.807, 2.05) is 0 Å². The molecule has 0 spiro atoms. The van der Waals surface area contributed by atoms with Crippen molar-refractivity contribution in [1.29, 1.82) is 0 Å². The summed E-state index contributed by atoms with van der Waals surface area (Å²) in [6.45, 7) is 11.3. The van der Waals surface area contributed by atoms with Crippen LogP contribution in [0.3, 0.4) is 0 Å². The smallest absolute Gasteiger partial charge is 0.191 e. The van der Waals surface area contributed by atoms with Crippen molar-refractivity contribution in [2.24, 2.45) is 10.9 Å². The molecule has 0 amide bonds. The minimum atomic E-state index is 0.484. The van der Waals surface area contributed by atoms with Crippen molar-refractivity contribution in [1.82, 2.24) is 20.7 Å². The van der Waals surface area contributed by atoms with Crippen LogP contribution in [0.4, 0.5) is 0 Å². The lowest BCUT2D eigenvalue weighted by Gasteiger charge is -2.29.